The fraction of sp³-hybridized carbons (Fsp3) is 0.435. The SMILES string of the molecule is C[C@@H]1C[C@H](n2c(Nc3ccc(OC(F)(F)F)cc3)nc3cc(N)ccc32)CC(C)(C)C1. The maximum Gasteiger partial charge on any atom is 0.573 e. The summed E-state index contributed by atoms with van der Waals surface area (Å²) in [7, 11) is 0. The topological polar surface area (TPSA) is 65.1 Å². The normalized spacial score (nSPS) is 21.2. The zero-order valence-electron chi connectivity index (χ0n) is 17.8. The van der Waals surface area contributed by atoms with Crippen molar-refractivity contribution >= 4 is 28.4 Å². The van der Waals surface area contributed by atoms with Gasteiger partial charge in [0.1, 0.15) is 5.75 Å². The summed E-state index contributed by atoms with van der Waals surface area (Å²) >= 11 is 0. The van der Waals surface area contributed by atoms with Crippen molar-refractivity contribution in [3.63, 3.8) is 0 Å². The zero-order valence-corrected chi connectivity index (χ0v) is 17.8. The van der Waals surface area contributed by atoms with Crippen molar-refractivity contribution in [3.8, 4) is 5.75 Å². The van der Waals surface area contributed by atoms with Crippen LogP contribution in [-0.2, 0) is 0 Å². The molecule has 1 aliphatic carbocycles. The zero-order chi connectivity index (χ0) is 22.4. The molecule has 0 amide bonds. The van der Waals surface area contributed by atoms with E-state index in [1.54, 1.807) is 12.1 Å². The van der Waals surface area contributed by atoms with Gasteiger partial charge in [0, 0.05) is 17.4 Å². The fourth-order valence-corrected chi connectivity index (χ4v) is 4.93. The van der Waals surface area contributed by atoms with Crippen LogP contribution in [0.25, 0.3) is 11.0 Å². The third-order valence-electron chi connectivity index (χ3n) is 5.79. The minimum Gasteiger partial charge on any atom is -0.406 e. The lowest BCUT2D eigenvalue weighted by Crippen LogP contribution is -2.29. The van der Waals surface area contributed by atoms with Gasteiger partial charge in [-0.05, 0) is 73.1 Å². The van der Waals surface area contributed by atoms with Gasteiger partial charge < -0.3 is 20.4 Å². The average molecular weight is 432 g/mol. The molecule has 1 heterocycles. The summed E-state index contributed by atoms with van der Waals surface area (Å²) in [5, 5.41) is 3.29. The van der Waals surface area contributed by atoms with Crippen LogP contribution in [-0.4, -0.2) is 15.9 Å². The van der Waals surface area contributed by atoms with E-state index in [0.717, 1.165) is 23.9 Å². The monoisotopic (exact) mass is 432 g/mol. The van der Waals surface area contributed by atoms with Crippen LogP contribution in [0.4, 0.5) is 30.5 Å². The lowest BCUT2D eigenvalue weighted by molar-refractivity contribution is -0.274. The highest BCUT2D eigenvalue weighted by Gasteiger charge is 2.35. The Kier molecular flexibility index (Phi) is 5.27. The molecule has 2 atom stereocenters. The number of anilines is 3. The van der Waals surface area contributed by atoms with Crippen molar-refractivity contribution in [2.75, 3.05) is 11.1 Å². The van der Waals surface area contributed by atoms with Crippen LogP contribution >= 0.6 is 0 Å². The predicted octanol–water partition coefficient (Wildman–Crippen LogP) is 6.65. The predicted molar refractivity (Wildman–Crippen MR) is 116 cm³/mol. The molecule has 3 N–H and O–H groups in total. The Balaban J connectivity index is 1.70. The first kappa shape index (κ1) is 21.3. The Morgan fingerprint density at radius 1 is 1.13 bits per heavy atom. The largest absolute Gasteiger partial charge is 0.573 e. The van der Waals surface area contributed by atoms with Gasteiger partial charge in [0.05, 0.1) is 11.0 Å². The maximum absolute atomic E-state index is 12.4. The van der Waals surface area contributed by atoms with Gasteiger partial charge in [0.15, 0.2) is 0 Å². The van der Waals surface area contributed by atoms with E-state index in [-0.39, 0.29) is 17.2 Å². The van der Waals surface area contributed by atoms with Gasteiger partial charge >= 0.3 is 6.36 Å². The second-order valence-corrected chi connectivity index (χ2v) is 9.32. The molecule has 0 aliphatic heterocycles. The number of aromatic nitrogens is 2. The summed E-state index contributed by atoms with van der Waals surface area (Å²) in [4.78, 5) is 4.76. The number of hydrogen-bond acceptors (Lipinski definition) is 4. The van der Waals surface area contributed by atoms with Crippen LogP contribution in [0.3, 0.4) is 0 Å². The number of rotatable bonds is 4. The van der Waals surface area contributed by atoms with Crippen molar-refractivity contribution < 1.29 is 17.9 Å². The van der Waals surface area contributed by atoms with E-state index in [1.807, 2.05) is 18.2 Å². The third kappa shape index (κ3) is 4.89. The summed E-state index contributed by atoms with van der Waals surface area (Å²) in [6.45, 7) is 6.86. The Morgan fingerprint density at radius 3 is 2.48 bits per heavy atom. The summed E-state index contributed by atoms with van der Waals surface area (Å²) in [6.07, 6.45) is -1.49. The van der Waals surface area contributed by atoms with Gasteiger partial charge in [-0.15, -0.1) is 13.2 Å². The number of nitrogen functional groups attached to an aromatic ring is 1. The highest BCUT2D eigenvalue weighted by Crippen LogP contribution is 2.46. The average Bonchev–Trinajstić information content (AvgIpc) is 2.97. The van der Waals surface area contributed by atoms with Crippen LogP contribution < -0.4 is 15.8 Å². The molecule has 5 nitrogen and oxygen atoms in total. The maximum atomic E-state index is 12.4. The minimum absolute atomic E-state index is 0.209. The van der Waals surface area contributed by atoms with Gasteiger partial charge in [-0.1, -0.05) is 20.8 Å². The Hall–Kier alpha value is -2.90. The molecule has 4 rings (SSSR count). The smallest absolute Gasteiger partial charge is 0.406 e. The Bertz CT molecular complexity index is 1070. The van der Waals surface area contributed by atoms with Crippen molar-refractivity contribution in [2.45, 2.75) is 52.4 Å². The molecular weight excluding hydrogens is 405 g/mol. The number of alkyl halides is 3. The van der Waals surface area contributed by atoms with Gasteiger partial charge in [-0.3, -0.25) is 0 Å². The molecule has 1 fully saturated rings. The molecule has 0 bridgehead atoms. The van der Waals surface area contributed by atoms with E-state index in [0.29, 0.717) is 23.2 Å². The number of ether oxygens (including phenoxy) is 1. The van der Waals surface area contributed by atoms with Crippen LogP contribution in [0.5, 0.6) is 5.75 Å². The molecule has 8 heteroatoms. The van der Waals surface area contributed by atoms with Gasteiger partial charge in [0.25, 0.3) is 0 Å². The first-order chi connectivity index (χ1) is 14.5. The van der Waals surface area contributed by atoms with Crippen LogP contribution in [0.15, 0.2) is 42.5 Å². The lowest BCUT2D eigenvalue weighted by Gasteiger charge is -2.40. The van der Waals surface area contributed by atoms with Crippen LogP contribution in [0.1, 0.15) is 46.1 Å². The molecule has 2 aromatic carbocycles. The van der Waals surface area contributed by atoms with Crippen LogP contribution in [0, 0.1) is 11.3 Å². The number of benzene rings is 2. The second kappa shape index (κ2) is 7.66. The number of nitrogens with zero attached hydrogens (tertiary/aromatic N) is 2. The molecule has 1 aromatic heterocycles. The van der Waals surface area contributed by atoms with Crippen molar-refractivity contribution in [3.05, 3.63) is 42.5 Å². The van der Waals surface area contributed by atoms with E-state index >= 15 is 0 Å². The number of fused-ring (bicyclic) bond motifs is 1. The van der Waals surface area contributed by atoms with E-state index in [2.05, 4.69) is 35.4 Å². The molecule has 0 saturated heterocycles. The number of nitrogens with one attached hydrogen (secondary N) is 1. The first-order valence-corrected chi connectivity index (χ1v) is 10.4. The fourth-order valence-electron chi connectivity index (χ4n) is 4.93. The van der Waals surface area contributed by atoms with Crippen molar-refractivity contribution in [1.82, 2.24) is 9.55 Å². The molecule has 0 spiro atoms. The first-order valence-electron chi connectivity index (χ1n) is 10.4. The van der Waals surface area contributed by atoms with Gasteiger partial charge in [0.2, 0.25) is 5.95 Å². The number of halogens is 3. The second-order valence-electron chi connectivity index (χ2n) is 9.32. The molecule has 1 aliphatic rings. The lowest BCUT2D eigenvalue weighted by atomic mass is 9.70. The molecule has 31 heavy (non-hydrogen) atoms. The molecule has 166 valence electrons. The number of imidazole rings is 1. The van der Waals surface area contributed by atoms with Gasteiger partial charge in [-0.25, -0.2) is 4.98 Å². The summed E-state index contributed by atoms with van der Waals surface area (Å²) in [5.41, 5.74) is 9.22. The quantitative estimate of drug-likeness (QED) is 0.453. The Labute approximate surface area is 179 Å². The van der Waals surface area contributed by atoms with E-state index < -0.39 is 6.36 Å². The van der Waals surface area contributed by atoms with Crippen LogP contribution in [0.2, 0.25) is 0 Å². The van der Waals surface area contributed by atoms with E-state index in [1.165, 1.54) is 18.6 Å². The molecular formula is C23H27F3N4O. The standard InChI is InChI=1S/C23H27F3N4O/c1-14-10-17(13-22(2,3)12-14)30-20-9-4-15(27)11-19(20)29-21(30)28-16-5-7-18(8-6-16)31-23(24,25)26/h4-9,11,14,17H,10,12-13,27H2,1-3H3,(H,28,29)/t14-,17+/m1/s1. The van der Waals surface area contributed by atoms with E-state index in [9.17, 15) is 13.2 Å². The minimum atomic E-state index is -4.71. The number of nitrogens with two attached hydrogens (primary N) is 1. The highest BCUT2D eigenvalue weighted by atomic mass is 19.4. The molecule has 0 radical (unpaired) electrons. The van der Waals surface area contributed by atoms with E-state index in [4.69, 9.17) is 10.7 Å². The van der Waals surface area contributed by atoms with Crippen molar-refractivity contribution in [1.29, 1.82) is 0 Å². The van der Waals surface area contributed by atoms with Crippen molar-refractivity contribution in [2.24, 2.45) is 11.3 Å². The summed E-state index contributed by atoms with van der Waals surface area (Å²) in [5.74, 6) is 0.966. The third-order valence-corrected chi connectivity index (χ3v) is 5.79. The number of hydrogen-bond donors (Lipinski definition) is 2. The summed E-state index contributed by atoms with van der Waals surface area (Å²) < 4.78 is 43.5. The van der Waals surface area contributed by atoms with Gasteiger partial charge in [-0.2, -0.15) is 0 Å². The molecule has 1 saturated carbocycles. The summed E-state index contributed by atoms with van der Waals surface area (Å²) in [6, 6.07) is 11.6. The molecule has 3 aromatic rings. The molecule has 0 unspecified atom stereocenters. The Morgan fingerprint density at radius 2 is 1.84 bits per heavy atom. The highest BCUT2D eigenvalue weighted by molar-refractivity contribution is 5.83.